The van der Waals surface area contributed by atoms with Crippen molar-refractivity contribution in [2.75, 3.05) is 0 Å². The number of allylic oxidation sites excluding steroid dienone is 2. The molecule has 0 spiro atoms. The van der Waals surface area contributed by atoms with E-state index in [1.54, 1.807) is 13.8 Å². The Morgan fingerprint density at radius 1 is 1.36 bits per heavy atom. The summed E-state index contributed by atoms with van der Waals surface area (Å²) in [7, 11) is 0. The Bertz CT molecular complexity index is 194. The van der Waals surface area contributed by atoms with Gasteiger partial charge in [0.25, 0.3) is 5.92 Å². The summed E-state index contributed by atoms with van der Waals surface area (Å²) < 4.78 is 26.9. The van der Waals surface area contributed by atoms with Crippen LogP contribution >= 0.6 is 0 Å². The van der Waals surface area contributed by atoms with Crippen LogP contribution in [0, 0.1) is 11.8 Å². The molecule has 2 atom stereocenters. The van der Waals surface area contributed by atoms with E-state index in [2.05, 4.69) is 0 Å². The molecule has 0 saturated carbocycles. The Morgan fingerprint density at radius 2 is 1.86 bits per heavy atom. The second kappa shape index (κ2) is 5.47. The highest BCUT2D eigenvalue weighted by Crippen LogP contribution is 2.37. The van der Waals surface area contributed by atoms with Crippen LogP contribution in [0.3, 0.4) is 0 Å². The molecule has 0 heterocycles. The Hall–Kier alpha value is -0.400. The first kappa shape index (κ1) is 13.6. The number of hydrogen-bond donors (Lipinski definition) is 0. The maximum Gasteiger partial charge on any atom is 0.250 e. The van der Waals surface area contributed by atoms with E-state index in [-0.39, 0.29) is 12.3 Å². The highest BCUT2D eigenvalue weighted by atomic mass is 19.3. The molecule has 0 aliphatic carbocycles. The molecule has 0 radical (unpaired) electrons. The fourth-order valence-electron chi connectivity index (χ4n) is 1.90. The van der Waals surface area contributed by atoms with Gasteiger partial charge in [-0.2, -0.15) is 0 Å². The van der Waals surface area contributed by atoms with Crippen molar-refractivity contribution in [3.05, 3.63) is 11.6 Å². The van der Waals surface area contributed by atoms with Crippen molar-refractivity contribution in [1.82, 2.24) is 0 Å². The van der Waals surface area contributed by atoms with Gasteiger partial charge in [-0.3, -0.25) is 0 Å². The average Bonchev–Trinajstić information content (AvgIpc) is 2.18. The number of halogens is 2. The minimum absolute atomic E-state index is 0.00921. The molecular formula is C12H22F2. The van der Waals surface area contributed by atoms with Crippen LogP contribution in [0.15, 0.2) is 11.6 Å². The summed E-state index contributed by atoms with van der Waals surface area (Å²) in [5.74, 6) is -3.09. The van der Waals surface area contributed by atoms with Crippen LogP contribution in [-0.2, 0) is 0 Å². The van der Waals surface area contributed by atoms with Crippen LogP contribution in [-0.4, -0.2) is 5.92 Å². The lowest BCUT2D eigenvalue weighted by Crippen LogP contribution is -2.31. The van der Waals surface area contributed by atoms with Crippen LogP contribution in [0.2, 0.25) is 0 Å². The van der Waals surface area contributed by atoms with E-state index >= 15 is 0 Å². The minimum atomic E-state index is -2.54. The Kier molecular flexibility index (Phi) is 5.32. The van der Waals surface area contributed by atoms with E-state index in [4.69, 9.17) is 0 Å². The quantitative estimate of drug-likeness (QED) is 0.571. The lowest BCUT2D eigenvalue weighted by molar-refractivity contribution is -0.0708. The van der Waals surface area contributed by atoms with Gasteiger partial charge in [0.2, 0.25) is 0 Å². The second-order valence-corrected chi connectivity index (χ2v) is 3.95. The molecule has 0 bridgehead atoms. The molecular weight excluding hydrogens is 182 g/mol. The first-order chi connectivity index (χ1) is 6.40. The maximum atomic E-state index is 13.5. The molecule has 0 fully saturated rings. The summed E-state index contributed by atoms with van der Waals surface area (Å²) in [6, 6.07) is 0. The van der Waals surface area contributed by atoms with Gasteiger partial charge in [0.1, 0.15) is 0 Å². The standard InChI is InChI=1S/C12H22F2/c1-6-9(4)11(7-2)10(5)12(13,14)8-3/h6,10-11H,7-8H2,1-5H3. The summed E-state index contributed by atoms with van der Waals surface area (Å²) in [4.78, 5) is 0. The first-order valence-corrected chi connectivity index (χ1v) is 5.41. The third-order valence-corrected chi connectivity index (χ3v) is 3.22. The molecule has 84 valence electrons. The molecule has 2 heteroatoms. The van der Waals surface area contributed by atoms with Crippen LogP contribution in [0.1, 0.15) is 47.5 Å². The number of hydrogen-bond acceptors (Lipinski definition) is 0. The Morgan fingerprint density at radius 3 is 2.14 bits per heavy atom. The molecule has 0 amide bonds. The van der Waals surface area contributed by atoms with Gasteiger partial charge in [0.05, 0.1) is 0 Å². The topological polar surface area (TPSA) is 0 Å². The van der Waals surface area contributed by atoms with Crippen LogP contribution in [0.25, 0.3) is 0 Å². The molecule has 0 rings (SSSR count). The average molecular weight is 204 g/mol. The van der Waals surface area contributed by atoms with Gasteiger partial charge in [-0.15, -0.1) is 0 Å². The van der Waals surface area contributed by atoms with E-state index in [0.29, 0.717) is 0 Å². The molecule has 0 aliphatic heterocycles. The highest BCUT2D eigenvalue weighted by molar-refractivity contribution is 5.04. The van der Waals surface area contributed by atoms with Gasteiger partial charge in [-0.25, -0.2) is 8.78 Å². The number of rotatable bonds is 5. The van der Waals surface area contributed by atoms with E-state index in [1.165, 1.54) is 0 Å². The van der Waals surface area contributed by atoms with Gasteiger partial charge in [-0.1, -0.05) is 32.4 Å². The number of alkyl halides is 2. The largest absolute Gasteiger partial charge is 0.250 e. The normalized spacial score (nSPS) is 18.1. The van der Waals surface area contributed by atoms with Crippen LogP contribution in [0.4, 0.5) is 8.78 Å². The second-order valence-electron chi connectivity index (χ2n) is 3.95. The van der Waals surface area contributed by atoms with Gasteiger partial charge in [0, 0.05) is 12.3 Å². The molecule has 0 nitrogen and oxygen atoms in total. The van der Waals surface area contributed by atoms with Crippen LogP contribution < -0.4 is 0 Å². The van der Waals surface area contributed by atoms with Gasteiger partial charge in [-0.05, 0) is 26.2 Å². The molecule has 0 aliphatic rings. The maximum absolute atomic E-state index is 13.5. The minimum Gasteiger partial charge on any atom is -0.207 e. The fraction of sp³-hybridized carbons (Fsp3) is 0.833. The zero-order valence-corrected chi connectivity index (χ0v) is 9.90. The lowest BCUT2D eigenvalue weighted by atomic mass is 9.81. The van der Waals surface area contributed by atoms with E-state index in [1.807, 2.05) is 26.8 Å². The molecule has 0 aromatic carbocycles. The monoisotopic (exact) mass is 204 g/mol. The first-order valence-electron chi connectivity index (χ1n) is 5.41. The van der Waals surface area contributed by atoms with Gasteiger partial charge in [0.15, 0.2) is 0 Å². The predicted octanol–water partition coefficient (Wildman–Crippen LogP) is 4.66. The fourth-order valence-corrected chi connectivity index (χ4v) is 1.90. The van der Waals surface area contributed by atoms with Crippen molar-refractivity contribution in [2.24, 2.45) is 11.8 Å². The smallest absolute Gasteiger partial charge is 0.207 e. The summed E-state index contributed by atoms with van der Waals surface area (Å²) in [6.07, 6.45) is 2.66. The zero-order valence-electron chi connectivity index (χ0n) is 9.90. The van der Waals surface area contributed by atoms with Crippen molar-refractivity contribution in [3.63, 3.8) is 0 Å². The molecule has 0 aromatic rings. The van der Waals surface area contributed by atoms with Crippen molar-refractivity contribution in [1.29, 1.82) is 0 Å². The van der Waals surface area contributed by atoms with Crippen LogP contribution in [0.5, 0.6) is 0 Å². The Balaban J connectivity index is 4.70. The van der Waals surface area contributed by atoms with Crippen molar-refractivity contribution in [3.8, 4) is 0 Å². The molecule has 14 heavy (non-hydrogen) atoms. The van der Waals surface area contributed by atoms with E-state index < -0.39 is 11.8 Å². The Labute approximate surface area is 86.4 Å². The lowest BCUT2D eigenvalue weighted by Gasteiger charge is -2.30. The van der Waals surface area contributed by atoms with Crippen molar-refractivity contribution in [2.45, 2.75) is 53.4 Å². The summed E-state index contributed by atoms with van der Waals surface area (Å²) >= 11 is 0. The summed E-state index contributed by atoms with van der Waals surface area (Å²) in [6.45, 7) is 9.03. The molecule has 2 unspecified atom stereocenters. The SMILES string of the molecule is CC=C(C)C(CC)C(C)C(F)(F)CC. The van der Waals surface area contributed by atoms with E-state index in [0.717, 1.165) is 12.0 Å². The van der Waals surface area contributed by atoms with Gasteiger partial charge < -0.3 is 0 Å². The van der Waals surface area contributed by atoms with E-state index in [9.17, 15) is 8.78 Å². The van der Waals surface area contributed by atoms with Gasteiger partial charge >= 0.3 is 0 Å². The molecule has 0 saturated heterocycles. The summed E-state index contributed by atoms with van der Waals surface area (Å²) in [5.41, 5.74) is 1.08. The molecule has 0 aromatic heterocycles. The third-order valence-electron chi connectivity index (χ3n) is 3.22. The predicted molar refractivity (Wildman–Crippen MR) is 57.6 cm³/mol. The zero-order chi connectivity index (χ0) is 11.4. The highest BCUT2D eigenvalue weighted by Gasteiger charge is 2.38. The summed E-state index contributed by atoms with van der Waals surface area (Å²) in [5, 5.41) is 0. The molecule has 0 N–H and O–H groups in total. The third kappa shape index (κ3) is 3.07. The van der Waals surface area contributed by atoms with Crippen molar-refractivity contribution < 1.29 is 8.78 Å². The van der Waals surface area contributed by atoms with Crippen molar-refractivity contribution >= 4 is 0 Å².